The van der Waals surface area contributed by atoms with Crippen LogP contribution >= 0.6 is 0 Å². The van der Waals surface area contributed by atoms with Crippen molar-refractivity contribution in [2.75, 3.05) is 23.8 Å². The Kier molecular flexibility index (Phi) is 7.79. The molecular formula is C24H22N4O6. The fourth-order valence-electron chi connectivity index (χ4n) is 2.76. The number of anilines is 2. The zero-order chi connectivity index (χ0) is 24.5. The number of carbonyl (C=O) groups excluding carboxylic acids is 4. The molecule has 0 atom stereocenters. The third-order valence-corrected chi connectivity index (χ3v) is 4.40. The lowest BCUT2D eigenvalue weighted by Crippen LogP contribution is -2.20. The summed E-state index contributed by atoms with van der Waals surface area (Å²) in [7, 11) is 0. The summed E-state index contributed by atoms with van der Waals surface area (Å²) in [6, 6.07) is 19.0. The molecule has 4 amide bonds. The molecule has 0 saturated heterocycles. The molecule has 0 saturated carbocycles. The Morgan fingerprint density at radius 3 is 1.18 bits per heavy atom. The summed E-state index contributed by atoms with van der Waals surface area (Å²) in [5.74, 6) is -0.994. The first-order chi connectivity index (χ1) is 16.3. The molecule has 0 aromatic heterocycles. The van der Waals surface area contributed by atoms with Crippen molar-refractivity contribution in [3.63, 3.8) is 0 Å². The van der Waals surface area contributed by atoms with Crippen LogP contribution in [0.4, 0.5) is 11.4 Å². The molecule has 0 unspecified atom stereocenters. The molecule has 0 radical (unpaired) electrons. The van der Waals surface area contributed by atoms with Gasteiger partial charge in [0.05, 0.1) is 0 Å². The molecule has 0 heterocycles. The first kappa shape index (κ1) is 23.8. The SMILES string of the molecule is NC(=O)COc1ccc(NC(=O)c2ccc(C(=O)Nc3ccc(OCC(N)=O)cc3)cc2)cc1. The Bertz CT molecular complexity index is 1080. The van der Waals surface area contributed by atoms with Crippen LogP contribution in [-0.4, -0.2) is 36.8 Å². The molecule has 0 fully saturated rings. The summed E-state index contributed by atoms with van der Waals surface area (Å²) < 4.78 is 10.3. The minimum atomic E-state index is -0.584. The van der Waals surface area contributed by atoms with Crippen molar-refractivity contribution >= 4 is 35.0 Å². The first-order valence-electron chi connectivity index (χ1n) is 10.1. The number of nitrogens with one attached hydrogen (secondary N) is 2. The lowest BCUT2D eigenvalue weighted by atomic mass is 10.1. The number of primary amides is 2. The molecule has 10 nitrogen and oxygen atoms in total. The molecule has 0 aliphatic heterocycles. The van der Waals surface area contributed by atoms with Crippen LogP contribution in [0.25, 0.3) is 0 Å². The van der Waals surface area contributed by atoms with E-state index in [-0.39, 0.29) is 25.0 Å². The molecule has 0 spiro atoms. The third kappa shape index (κ3) is 7.09. The van der Waals surface area contributed by atoms with Gasteiger partial charge in [-0.3, -0.25) is 19.2 Å². The molecule has 34 heavy (non-hydrogen) atoms. The Morgan fingerprint density at radius 1 is 0.559 bits per heavy atom. The van der Waals surface area contributed by atoms with E-state index in [1.54, 1.807) is 48.5 Å². The minimum absolute atomic E-state index is 0.234. The Balaban J connectivity index is 1.54. The van der Waals surface area contributed by atoms with E-state index in [9.17, 15) is 19.2 Å². The second kappa shape index (κ2) is 11.1. The van der Waals surface area contributed by atoms with E-state index in [1.807, 2.05) is 0 Å². The molecule has 6 N–H and O–H groups in total. The number of amides is 4. The van der Waals surface area contributed by atoms with E-state index in [2.05, 4.69) is 10.6 Å². The quantitative estimate of drug-likeness (QED) is 0.360. The van der Waals surface area contributed by atoms with Crippen molar-refractivity contribution in [3.8, 4) is 11.5 Å². The van der Waals surface area contributed by atoms with Gasteiger partial charge in [-0.15, -0.1) is 0 Å². The van der Waals surface area contributed by atoms with Gasteiger partial charge in [-0.25, -0.2) is 0 Å². The highest BCUT2D eigenvalue weighted by molar-refractivity contribution is 6.07. The highest BCUT2D eigenvalue weighted by Crippen LogP contribution is 2.18. The van der Waals surface area contributed by atoms with Crippen molar-refractivity contribution in [1.29, 1.82) is 0 Å². The summed E-state index contributed by atoms with van der Waals surface area (Å²) in [5.41, 5.74) is 11.8. The standard InChI is InChI=1S/C24H22N4O6/c25-21(29)13-33-19-9-5-17(6-10-19)27-23(31)15-1-2-16(4-3-15)24(32)28-18-7-11-20(12-8-18)34-14-22(26)30/h1-12H,13-14H2,(H2,25,29)(H2,26,30)(H,27,31)(H,28,32). The number of carbonyl (C=O) groups is 4. The lowest BCUT2D eigenvalue weighted by molar-refractivity contribution is -0.120. The van der Waals surface area contributed by atoms with E-state index >= 15 is 0 Å². The molecule has 0 aliphatic rings. The minimum Gasteiger partial charge on any atom is -0.484 e. The van der Waals surface area contributed by atoms with Crippen molar-refractivity contribution in [3.05, 3.63) is 83.9 Å². The molecule has 10 heteroatoms. The van der Waals surface area contributed by atoms with Gasteiger partial charge >= 0.3 is 0 Å². The van der Waals surface area contributed by atoms with Gasteiger partial charge in [0.15, 0.2) is 13.2 Å². The van der Waals surface area contributed by atoms with Gasteiger partial charge < -0.3 is 31.6 Å². The largest absolute Gasteiger partial charge is 0.484 e. The van der Waals surface area contributed by atoms with Gasteiger partial charge in [0.2, 0.25) is 0 Å². The molecular weight excluding hydrogens is 440 g/mol. The van der Waals surface area contributed by atoms with Gasteiger partial charge in [-0.2, -0.15) is 0 Å². The maximum absolute atomic E-state index is 12.5. The van der Waals surface area contributed by atoms with Crippen molar-refractivity contribution in [2.45, 2.75) is 0 Å². The molecule has 3 aromatic rings. The number of hydrogen-bond donors (Lipinski definition) is 4. The lowest BCUT2D eigenvalue weighted by Gasteiger charge is -2.09. The number of rotatable bonds is 10. The van der Waals surface area contributed by atoms with Crippen molar-refractivity contribution in [2.24, 2.45) is 11.5 Å². The average molecular weight is 462 g/mol. The highest BCUT2D eigenvalue weighted by Gasteiger charge is 2.10. The van der Waals surface area contributed by atoms with Gasteiger partial charge in [-0.1, -0.05) is 0 Å². The normalized spacial score (nSPS) is 10.1. The van der Waals surface area contributed by atoms with Crippen LogP contribution in [0.5, 0.6) is 11.5 Å². The number of nitrogens with two attached hydrogens (primary N) is 2. The fourth-order valence-corrected chi connectivity index (χ4v) is 2.76. The Morgan fingerprint density at radius 2 is 0.882 bits per heavy atom. The van der Waals surface area contributed by atoms with Crippen LogP contribution in [0.2, 0.25) is 0 Å². The molecule has 174 valence electrons. The summed E-state index contributed by atoms with van der Waals surface area (Å²) in [6.07, 6.45) is 0. The van der Waals surface area contributed by atoms with Gasteiger partial charge in [0.1, 0.15) is 11.5 Å². The predicted molar refractivity (Wildman–Crippen MR) is 125 cm³/mol. The Labute approximate surface area is 194 Å². The first-order valence-corrected chi connectivity index (χ1v) is 10.1. The summed E-state index contributed by atoms with van der Waals surface area (Å²) >= 11 is 0. The van der Waals surface area contributed by atoms with Gasteiger partial charge in [-0.05, 0) is 72.8 Å². The second-order valence-electron chi connectivity index (χ2n) is 7.04. The maximum Gasteiger partial charge on any atom is 0.255 e. The summed E-state index contributed by atoms with van der Waals surface area (Å²) in [4.78, 5) is 46.4. The monoisotopic (exact) mass is 462 g/mol. The Hall–Kier alpha value is -4.86. The summed E-state index contributed by atoms with van der Waals surface area (Å²) in [5, 5.41) is 5.47. The molecule has 3 rings (SSSR count). The van der Waals surface area contributed by atoms with E-state index in [1.165, 1.54) is 24.3 Å². The number of hydrogen-bond acceptors (Lipinski definition) is 6. The van der Waals surface area contributed by atoms with E-state index in [0.717, 1.165) is 0 Å². The van der Waals surface area contributed by atoms with Crippen molar-refractivity contribution < 1.29 is 28.7 Å². The van der Waals surface area contributed by atoms with Crippen LogP contribution < -0.4 is 31.6 Å². The number of ether oxygens (including phenoxy) is 2. The third-order valence-electron chi connectivity index (χ3n) is 4.40. The van der Waals surface area contributed by atoms with Crippen LogP contribution in [0.3, 0.4) is 0 Å². The average Bonchev–Trinajstić information content (AvgIpc) is 2.83. The van der Waals surface area contributed by atoms with Gasteiger partial charge in [0, 0.05) is 22.5 Å². The predicted octanol–water partition coefficient (Wildman–Crippen LogP) is 1.92. The zero-order valence-electron chi connectivity index (χ0n) is 17.9. The van der Waals surface area contributed by atoms with E-state index in [0.29, 0.717) is 34.0 Å². The molecule has 0 bridgehead atoms. The van der Waals surface area contributed by atoms with Gasteiger partial charge in [0.25, 0.3) is 23.6 Å². The van der Waals surface area contributed by atoms with E-state index < -0.39 is 11.8 Å². The van der Waals surface area contributed by atoms with Crippen LogP contribution in [0.1, 0.15) is 20.7 Å². The molecule has 3 aromatic carbocycles. The fraction of sp³-hybridized carbons (Fsp3) is 0.0833. The van der Waals surface area contributed by atoms with Crippen LogP contribution in [0, 0.1) is 0 Å². The topological polar surface area (TPSA) is 163 Å². The molecule has 0 aliphatic carbocycles. The maximum atomic E-state index is 12.5. The second-order valence-corrected chi connectivity index (χ2v) is 7.04. The smallest absolute Gasteiger partial charge is 0.255 e. The summed E-state index contributed by atoms with van der Waals surface area (Å²) in [6.45, 7) is -0.468. The zero-order valence-corrected chi connectivity index (χ0v) is 17.9. The van der Waals surface area contributed by atoms with E-state index in [4.69, 9.17) is 20.9 Å². The van der Waals surface area contributed by atoms with Crippen LogP contribution in [-0.2, 0) is 9.59 Å². The van der Waals surface area contributed by atoms with Crippen LogP contribution in [0.15, 0.2) is 72.8 Å². The number of benzene rings is 3. The highest BCUT2D eigenvalue weighted by atomic mass is 16.5. The van der Waals surface area contributed by atoms with Crippen molar-refractivity contribution in [1.82, 2.24) is 0 Å².